The molecule has 0 saturated carbocycles. The van der Waals surface area contributed by atoms with E-state index in [2.05, 4.69) is 5.32 Å². The van der Waals surface area contributed by atoms with Crippen molar-refractivity contribution in [2.75, 3.05) is 0 Å². The first kappa shape index (κ1) is 10.7. The van der Waals surface area contributed by atoms with Crippen LogP contribution < -0.4 is 5.32 Å². The monoisotopic (exact) mass is 217 g/mol. The van der Waals surface area contributed by atoms with E-state index in [9.17, 15) is 4.79 Å². The Labute approximate surface area is 94.4 Å². The second kappa shape index (κ2) is 3.67. The van der Waals surface area contributed by atoms with Crippen LogP contribution in [0.4, 0.5) is 0 Å². The molecule has 84 valence electrons. The first-order valence-corrected chi connectivity index (χ1v) is 5.27. The Morgan fingerprint density at radius 1 is 1.25 bits per heavy atom. The SMILES string of the molecule is CC(C)(C)NC(=O)c1cc2ccccc2o1. The van der Waals surface area contributed by atoms with Gasteiger partial charge in [-0.15, -0.1) is 0 Å². The lowest BCUT2D eigenvalue weighted by Gasteiger charge is -2.19. The topological polar surface area (TPSA) is 42.2 Å². The van der Waals surface area contributed by atoms with Gasteiger partial charge in [-0.05, 0) is 32.9 Å². The van der Waals surface area contributed by atoms with Crippen LogP contribution in [-0.4, -0.2) is 11.4 Å². The maximum Gasteiger partial charge on any atom is 0.287 e. The molecule has 16 heavy (non-hydrogen) atoms. The molecule has 3 nitrogen and oxygen atoms in total. The third kappa shape index (κ3) is 2.24. The minimum absolute atomic E-state index is 0.177. The van der Waals surface area contributed by atoms with Crippen molar-refractivity contribution >= 4 is 16.9 Å². The number of hydrogen-bond acceptors (Lipinski definition) is 2. The van der Waals surface area contributed by atoms with Gasteiger partial charge in [0.1, 0.15) is 5.58 Å². The van der Waals surface area contributed by atoms with Crippen LogP contribution in [0.5, 0.6) is 0 Å². The highest BCUT2D eigenvalue weighted by Gasteiger charge is 2.18. The Bertz CT molecular complexity index is 487. The van der Waals surface area contributed by atoms with Crippen molar-refractivity contribution in [1.29, 1.82) is 0 Å². The molecule has 2 aromatic rings. The zero-order chi connectivity index (χ0) is 11.8. The second-order valence-corrected chi connectivity index (χ2v) is 4.85. The van der Waals surface area contributed by atoms with Crippen LogP contribution in [0.25, 0.3) is 11.0 Å². The average Bonchev–Trinajstić information content (AvgIpc) is 2.58. The van der Waals surface area contributed by atoms with E-state index in [1.165, 1.54) is 0 Å². The van der Waals surface area contributed by atoms with Crippen molar-refractivity contribution in [3.05, 3.63) is 36.1 Å². The number of carbonyl (C=O) groups is 1. The summed E-state index contributed by atoms with van der Waals surface area (Å²) in [4.78, 5) is 11.8. The number of fused-ring (bicyclic) bond motifs is 1. The molecule has 0 aliphatic heterocycles. The molecule has 0 aliphatic rings. The maximum absolute atomic E-state index is 11.8. The summed E-state index contributed by atoms with van der Waals surface area (Å²) in [7, 11) is 0. The van der Waals surface area contributed by atoms with Gasteiger partial charge >= 0.3 is 0 Å². The molecule has 1 amide bonds. The Hall–Kier alpha value is -1.77. The van der Waals surface area contributed by atoms with E-state index in [0.29, 0.717) is 5.76 Å². The largest absolute Gasteiger partial charge is 0.451 e. The molecular weight excluding hydrogens is 202 g/mol. The van der Waals surface area contributed by atoms with Crippen LogP contribution in [0.15, 0.2) is 34.7 Å². The van der Waals surface area contributed by atoms with Crippen molar-refractivity contribution in [3.63, 3.8) is 0 Å². The van der Waals surface area contributed by atoms with Gasteiger partial charge in [-0.3, -0.25) is 4.79 Å². The summed E-state index contributed by atoms with van der Waals surface area (Å²) < 4.78 is 5.46. The van der Waals surface area contributed by atoms with Gasteiger partial charge in [0, 0.05) is 10.9 Å². The smallest absolute Gasteiger partial charge is 0.287 e. The predicted octanol–water partition coefficient (Wildman–Crippen LogP) is 2.96. The molecule has 0 saturated heterocycles. The van der Waals surface area contributed by atoms with Crippen LogP contribution in [0.3, 0.4) is 0 Å². The van der Waals surface area contributed by atoms with Crippen molar-refractivity contribution in [2.45, 2.75) is 26.3 Å². The molecule has 2 rings (SSSR count). The maximum atomic E-state index is 11.8. The summed E-state index contributed by atoms with van der Waals surface area (Å²) in [5.41, 5.74) is 0.484. The fraction of sp³-hybridized carbons (Fsp3) is 0.308. The number of benzene rings is 1. The third-order valence-electron chi connectivity index (χ3n) is 2.14. The summed E-state index contributed by atoms with van der Waals surface area (Å²) in [6, 6.07) is 9.34. The lowest BCUT2D eigenvalue weighted by molar-refractivity contribution is 0.0893. The second-order valence-electron chi connectivity index (χ2n) is 4.85. The van der Waals surface area contributed by atoms with Gasteiger partial charge in [0.05, 0.1) is 0 Å². The summed E-state index contributed by atoms with van der Waals surface area (Å²) in [6.45, 7) is 5.81. The summed E-state index contributed by atoms with van der Waals surface area (Å²) >= 11 is 0. The number of hydrogen-bond donors (Lipinski definition) is 1. The minimum Gasteiger partial charge on any atom is -0.451 e. The van der Waals surface area contributed by atoms with Gasteiger partial charge in [-0.2, -0.15) is 0 Å². The van der Waals surface area contributed by atoms with E-state index in [1.54, 1.807) is 6.07 Å². The molecule has 1 aromatic carbocycles. The predicted molar refractivity (Wildman–Crippen MR) is 63.4 cm³/mol. The first-order valence-electron chi connectivity index (χ1n) is 5.27. The third-order valence-corrected chi connectivity index (χ3v) is 2.14. The summed E-state index contributed by atoms with van der Waals surface area (Å²) in [5.74, 6) is 0.180. The average molecular weight is 217 g/mol. The number of nitrogens with one attached hydrogen (secondary N) is 1. The molecule has 0 atom stereocenters. The van der Waals surface area contributed by atoms with Gasteiger partial charge in [0.25, 0.3) is 5.91 Å². The molecule has 0 fully saturated rings. The van der Waals surface area contributed by atoms with E-state index >= 15 is 0 Å². The molecule has 1 N–H and O–H groups in total. The van der Waals surface area contributed by atoms with Crippen molar-refractivity contribution < 1.29 is 9.21 Å². The summed E-state index contributed by atoms with van der Waals surface area (Å²) in [5, 5.41) is 3.81. The summed E-state index contributed by atoms with van der Waals surface area (Å²) in [6.07, 6.45) is 0. The minimum atomic E-state index is -0.254. The number of para-hydroxylation sites is 1. The normalized spacial score (nSPS) is 11.7. The lowest BCUT2D eigenvalue weighted by Crippen LogP contribution is -2.40. The zero-order valence-electron chi connectivity index (χ0n) is 9.70. The molecular formula is C13H15NO2. The Morgan fingerprint density at radius 3 is 2.56 bits per heavy atom. The van der Waals surface area contributed by atoms with Crippen LogP contribution >= 0.6 is 0 Å². The fourth-order valence-electron chi connectivity index (χ4n) is 1.50. The Balaban J connectivity index is 2.30. The van der Waals surface area contributed by atoms with Crippen molar-refractivity contribution in [1.82, 2.24) is 5.32 Å². The molecule has 1 heterocycles. The first-order chi connectivity index (χ1) is 7.46. The van der Waals surface area contributed by atoms with Crippen LogP contribution in [0, 0.1) is 0 Å². The molecule has 0 aliphatic carbocycles. The van der Waals surface area contributed by atoms with Crippen molar-refractivity contribution in [2.24, 2.45) is 0 Å². The van der Waals surface area contributed by atoms with Gasteiger partial charge < -0.3 is 9.73 Å². The molecule has 0 spiro atoms. The fourth-order valence-corrected chi connectivity index (χ4v) is 1.50. The number of amides is 1. The van der Waals surface area contributed by atoms with Crippen LogP contribution in [0.1, 0.15) is 31.3 Å². The molecule has 1 aromatic heterocycles. The number of furan rings is 1. The molecule has 0 unspecified atom stereocenters. The van der Waals surface area contributed by atoms with Gasteiger partial charge in [0.15, 0.2) is 5.76 Å². The van der Waals surface area contributed by atoms with Crippen molar-refractivity contribution in [3.8, 4) is 0 Å². The number of carbonyl (C=O) groups excluding carboxylic acids is 1. The highest BCUT2D eigenvalue weighted by atomic mass is 16.3. The van der Waals surface area contributed by atoms with Gasteiger partial charge in [-0.25, -0.2) is 0 Å². The van der Waals surface area contributed by atoms with Crippen LogP contribution in [-0.2, 0) is 0 Å². The molecule has 0 radical (unpaired) electrons. The van der Waals surface area contributed by atoms with Gasteiger partial charge in [-0.1, -0.05) is 18.2 Å². The van der Waals surface area contributed by atoms with Gasteiger partial charge in [0.2, 0.25) is 0 Å². The van der Waals surface area contributed by atoms with Crippen LogP contribution in [0.2, 0.25) is 0 Å². The Morgan fingerprint density at radius 2 is 1.94 bits per heavy atom. The highest BCUT2D eigenvalue weighted by Crippen LogP contribution is 2.19. The Kier molecular flexibility index (Phi) is 2.46. The van der Waals surface area contributed by atoms with E-state index in [4.69, 9.17) is 4.42 Å². The number of rotatable bonds is 1. The molecule has 0 bridgehead atoms. The van der Waals surface area contributed by atoms with E-state index < -0.39 is 0 Å². The van der Waals surface area contributed by atoms with E-state index in [0.717, 1.165) is 11.0 Å². The molecule has 3 heteroatoms. The zero-order valence-corrected chi connectivity index (χ0v) is 9.70. The van der Waals surface area contributed by atoms with E-state index in [-0.39, 0.29) is 11.4 Å². The lowest BCUT2D eigenvalue weighted by atomic mass is 10.1. The quantitative estimate of drug-likeness (QED) is 0.798. The standard InChI is InChI=1S/C13H15NO2/c1-13(2,3)14-12(15)11-8-9-6-4-5-7-10(9)16-11/h4-8H,1-3H3,(H,14,15). The highest BCUT2D eigenvalue weighted by molar-refractivity contribution is 5.96. The van der Waals surface area contributed by atoms with E-state index in [1.807, 2.05) is 45.0 Å².